The number of nitrogens with zero attached hydrogens (tertiary/aromatic N) is 1. The second-order valence-corrected chi connectivity index (χ2v) is 3.64. The zero-order chi connectivity index (χ0) is 9.84. The Hall–Kier alpha value is -0.610. The lowest BCUT2D eigenvalue weighted by atomic mass is 10.1. The first-order chi connectivity index (χ1) is 6.11. The average molecular weight is 186 g/mol. The van der Waals surface area contributed by atoms with E-state index in [1.54, 1.807) is 19.0 Å². The first-order valence-corrected chi connectivity index (χ1v) is 4.66. The van der Waals surface area contributed by atoms with Crippen LogP contribution in [0.1, 0.15) is 13.3 Å². The van der Waals surface area contributed by atoms with Crippen molar-refractivity contribution in [1.82, 2.24) is 10.2 Å². The van der Waals surface area contributed by atoms with Gasteiger partial charge in [0.25, 0.3) is 0 Å². The zero-order valence-electron chi connectivity index (χ0n) is 8.54. The van der Waals surface area contributed by atoms with Crippen LogP contribution in [0.2, 0.25) is 0 Å². The Bertz CT molecular complexity index is 182. The summed E-state index contributed by atoms with van der Waals surface area (Å²) in [7, 11) is 3.52. The highest BCUT2D eigenvalue weighted by Crippen LogP contribution is 2.11. The minimum atomic E-state index is 0.110. The highest BCUT2D eigenvalue weighted by atomic mass is 16.5. The van der Waals surface area contributed by atoms with Crippen molar-refractivity contribution in [3.05, 3.63) is 0 Å². The molecule has 4 heteroatoms. The molecule has 0 radical (unpaired) electrons. The van der Waals surface area contributed by atoms with E-state index in [9.17, 15) is 4.79 Å². The van der Waals surface area contributed by atoms with Gasteiger partial charge in [-0.15, -0.1) is 0 Å². The van der Waals surface area contributed by atoms with E-state index in [0.29, 0.717) is 12.6 Å². The fraction of sp³-hybridized carbons (Fsp3) is 0.889. The van der Waals surface area contributed by atoms with Crippen LogP contribution in [0, 0.1) is 0 Å². The third-order valence-corrected chi connectivity index (χ3v) is 2.39. The number of carbonyl (C=O) groups excluding carboxylic acids is 1. The van der Waals surface area contributed by atoms with Gasteiger partial charge in [-0.25, -0.2) is 0 Å². The lowest BCUT2D eigenvalue weighted by Crippen LogP contribution is -2.41. The maximum atomic E-state index is 11.2. The van der Waals surface area contributed by atoms with Crippen LogP contribution in [-0.2, 0) is 9.53 Å². The van der Waals surface area contributed by atoms with Gasteiger partial charge in [0.05, 0.1) is 12.6 Å². The molecule has 1 aliphatic rings. The second kappa shape index (κ2) is 4.58. The van der Waals surface area contributed by atoms with Gasteiger partial charge in [0.15, 0.2) is 0 Å². The quantitative estimate of drug-likeness (QED) is 0.666. The summed E-state index contributed by atoms with van der Waals surface area (Å²) in [6, 6.07) is 0.337. The van der Waals surface area contributed by atoms with Gasteiger partial charge >= 0.3 is 0 Å². The molecular formula is C9H18N2O2. The number of ether oxygens (including phenoxy) is 1. The van der Waals surface area contributed by atoms with Crippen LogP contribution in [-0.4, -0.2) is 50.2 Å². The van der Waals surface area contributed by atoms with Crippen molar-refractivity contribution in [2.75, 3.05) is 27.2 Å². The standard InChI is InChI=1S/C9H18N2O2/c1-7-8(4-5-13-7)10-6-9(12)11(2)3/h7-8,10H,4-6H2,1-3H3/t7-,8-/m0/s1. The number of nitrogens with one attached hydrogen (secondary N) is 1. The minimum Gasteiger partial charge on any atom is -0.377 e. The number of amides is 1. The van der Waals surface area contributed by atoms with Crippen LogP contribution in [0.4, 0.5) is 0 Å². The Morgan fingerprint density at radius 1 is 1.62 bits per heavy atom. The van der Waals surface area contributed by atoms with E-state index in [4.69, 9.17) is 4.74 Å². The fourth-order valence-electron chi connectivity index (χ4n) is 1.38. The van der Waals surface area contributed by atoms with Crippen molar-refractivity contribution < 1.29 is 9.53 Å². The molecule has 1 rings (SSSR count). The van der Waals surface area contributed by atoms with Crippen molar-refractivity contribution in [3.63, 3.8) is 0 Å². The second-order valence-electron chi connectivity index (χ2n) is 3.64. The van der Waals surface area contributed by atoms with Crippen LogP contribution >= 0.6 is 0 Å². The molecule has 0 unspecified atom stereocenters. The summed E-state index contributed by atoms with van der Waals surface area (Å²) >= 11 is 0. The van der Waals surface area contributed by atoms with E-state index in [2.05, 4.69) is 5.32 Å². The molecule has 0 aromatic rings. The first kappa shape index (κ1) is 10.5. The maximum absolute atomic E-state index is 11.2. The smallest absolute Gasteiger partial charge is 0.236 e. The van der Waals surface area contributed by atoms with Crippen LogP contribution in [0.25, 0.3) is 0 Å². The molecule has 1 fully saturated rings. The number of carbonyl (C=O) groups is 1. The third-order valence-electron chi connectivity index (χ3n) is 2.39. The monoisotopic (exact) mass is 186 g/mol. The molecule has 1 aliphatic heterocycles. The lowest BCUT2D eigenvalue weighted by molar-refractivity contribution is -0.127. The molecule has 0 aliphatic carbocycles. The molecule has 13 heavy (non-hydrogen) atoms. The summed E-state index contributed by atoms with van der Waals surface area (Å²) in [6.45, 7) is 3.24. The SMILES string of the molecule is C[C@@H]1OCC[C@@H]1NCC(=O)N(C)C. The summed E-state index contributed by atoms with van der Waals surface area (Å²) in [6.07, 6.45) is 1.23. The average Bonchev–Trinajstić information content (AvgIpc) is 2.47. The van der Waals surface area contributed by atoms with Crippen molar-refractivity contribution in [2.24, 2.45) is 0 Å². The summed E-state index contributed by atoms with van der Waals surface area (Å²) < 4.78 is 5.37. The molecule has 0 aromatic carbocycles. The van der Waals surface area contributed by atoms with Crippen LogP contribution < -0.4 is 5.32 Å². The molecule has 2 atom stereocenters. The van der Waals surface area contributed by atoms with Crippen molar-refractivity contribution >= 4 is 5.91 Å². The topological polar surface area (TPSA) is 41.6 Å². The van der Waals surface area contributed by atoms with Gasteiger partial charge < -0.3 is 15.0 Å². The van der Waals surface area contributed by atoms with E-state index in [1.807, 2.05) is 6.92 Å². The van der Waals surface area contributed by atoms with E-state index in [1.165, 1.54) is 0 Å². The molecule has 0 bridgehead atoms. The Balaban J connectivity index is 2.22. The van der Waals surface area contributed by atoms with Gasteiger partial charge in [-0.3, -0.25) is 4.79 Å². The highest BCUT2D eigenvalue weighted by Gasteiger charge is 2.24. The van der Waals surface area contributed by atoms with Gasteiger partial charge in [0, 0.05) is 26.7 Å². The van der Waals surface area contributed by atoms with Gasteiger partial charge in [0.1, 0.15) is 0 Å². The maximum Gasteiger partial charge on any atom is 0.236 e. The summed E-state index contributed by atoms with van der Waals surface area (Å²) in [5.41, 5.74) is 0. The Morgan fingerprint density at radius 2 is 2.31 bits per heavy atom. The normalized spacial score (nSPS) is 27.6. The largest absolute Gasteiger partial charge is 0.377 e. The Kier molecular flexibility index (Phi) is 3.69. The van der Waals surface area contributed by atoms with Crippen LogP contribution in [0.3, 0.4) is 0 Å². The summed E-state index contributed by atoms with van der Waals surface area (Å²) in [5, 5.41) is 3.20. The number of likely N-dealkylation sites (N-methyl/N-ethyl adjacent to an activating group) is 1. The number of hydrogen-bond donors (Lipinski definition) is 1. The van der Waals surface area contributed by atoms with Crippen molar-refractivity contribution in [1.29, 1.82) is 0 Å². The van der Waals surface area contributed by atoms with Crippen LogP contribution in [0.5, 0.6) is 0 Å². The lowest BCUT2D eigenvalue weighted by Gasteiger charge is -2.17. The summed E-state index contributed by atoms with van der Waals surface area (Å²) in [4.78, 5) is 12.8. The predicted octanol–water partition coefficient (Wildman–Crippen LogP) is -0.158. The molecule has 0 saturated carbocycles. The molecule has 1 N–H and O–H groups in total. The van der Waals surface area contributed by atoms with Crippen molar-refractivity contribution in [3.8, 4) is 0 Å². The number of rotatable bonds is 3. The molecule has 1 saturated heterocycles. The van der Waals surface area contributed by atoms with Gasteiger partial charge in [-0.05, 0) is 13.3 Å². The van der Waals surface area contributed by atoms with Crippen LogP contribution in [0.15, 0.2) is 0 Å². The third kappa shape index (κ3) is 2.97. The predicted molar refractivity (Wildman–Crippen MR) is 50.5 cm³/mol. The van der Waals surface area contributed by atoms with E-state index in [-0.39, 0.29) is 12.0 Å². The number of hydrogen-bond acceptors (Lipinski definition) is 3. The van der Waals surface area contributed by atoms with E-state index >= 15 is 0 Å². The molecule has 0 aromatic heterocycles. The Labute approximate surface area is 79.2 Å². The zero-order valence-corrected chi connectivity index (χ0v) is 8.54. The summed E-state index contributed by atoms with van der Waals surface area (Å²) in [5.74, 6) is 0.110. The molecule has 0 spiro atoms. The van der Waals surface area contributed by atoms with Gasteiger partial charge in [0.2, 0.25) is 5.91 Å². The van der Waals surface area contributed by atoms with E-state index in [0.717, 1.165) is 13.0 Å². The molecule has 4 nitrogen and oxygen atoms in total. The first-order valence-electron chi connectivity index (χ1n) is 4.66. The van der Waals surface area contributed by atoms with Gasteiger partial charge in [-0.2, -0.15) is 0 Å². The fourth-order valence-corrected chi connectivity index (χ4v) is 1.38. The molecule has 1 amide bonds. The van der Waals surface area contributed by atoms with Gasteiger partial charge in [-0.1, -0.05) is 0 Å². The highest BCUT2D eigenvalue weighted by molar-refractivity contribution is 5.77. The van der Waals surface area contributed by atoms with Crippen molar-refractivity contribution in [2.45, 2.75) is 25.5 Å². The molecule has 76 valence electrons. The molecule has 1 heterocycles. The Morgan fingerprint density at radius 3 is 2.77 bits per heavy atom. The molecular weight excluding hydrogens is 168 g/mol. The van der Waals surface area contributed by atoms with E-state index < -0.39 is 0 Å². The minimum absolute atomic E-state index is 0.110.